The summed E-state index contributed by atoms with van der Waals surface area (Å²) in [6.45, 7) is 5.49. The first-order valence-electron chi connectivity index (χ1n) is 7.44. The molecule has 1 aliphatic heterocycles. The van der Waals surface area contributed by atoms with Crippen molar-refractivity contribution in [3.05, 3.63) is 0 Å². The van der Waals surface area contributed by atoms with Crippen molar-refractivity contribution >= 4 is 23.6 Å². The molecule has 1 heterocycles. The summed E-state index contributed by atoms with van der Waals surface area (Å²) in [6, 6.07) is 0. The number of amides is 2. The van der Waals surface area contributed by atoms with E-state index in [1.807, 2.05) is 0 Å². The van der Waals surface area contributed by atoms with Crippen LogP contribution in [0.1, 0.15) is 32.6 Å². The van der Waals surface area contributed by atoms with Crippen molar-refractivity contribution in [3.63, 3.8) is 0 Å². The molecule has 1 fully saturated rings. The van der Waals surface area contributed by atoms with Crippen molar-refractivity contribution in [1.82, 2.24) is 10.2 Å². The van der Waals surface area contributed by atoms with Gasteiger partial charge in [0.2, 0.25) is 11.8 Å². The topological polar surface area (TPSA) is 58.6 Å². The number of nitrogens with zero attached hydrogens (tertiary/aromatic N) is 1. The van der Waals surface area contributed by atoms with Crippen LogP contribution >= 0.6 is 11.8 Å². The minimum Gasteiger partial charge on any atom is -0.378 e. The van der Waals surface area contributed by atoms with Crippen molar-refractivity contribution < 1.29 is 14.3 Å². The molecule has 1 aliphatic rings. The molecule has 1 saturated heterocycles. The zero-order chi connectivity index (χ0) is 14.6. The Bertz CT molecular complexity index is 294. The molecule has 1 N–H and O–H groups in total. The molecule has 6 heteroatoms. The minimum atomic E-state index is 0.0290. The van der Waals surface area contributed by atoms with E-state index in [1.165, 1.54) is 31.0 Å². The Balaban J connectivity index is 1.99. The summed E-state index contributed by atoms with van der Waals surface area (Å²) in [5, 5.41) is 2.89. The molecule has 116 valence electrons. The summed E-state index contributed by atoms with van der Waals surface area (Å²) in [4.78, 5) is 25.2. The monoisotopic (exact) mass is 302 g/mol. The first-order valence-corrected chi connectivity index (χ1v) is 8.59. The number of thioether (sulfide) groups is 1. The Hall–Kier alpha value is -0.750. The van der Waals surface area contributed by atoms with Gasteiger partial charge >= 0.3 is 0 Å². The second-order valence-electron chi connectivity index (χ2n) is 4.90. The number of rotatable bonds is 9. The van der Waals surface area contributed by atoms with Gasteiger partial charge < -0.3 is 15.0 Å². The lowest BCUT2D eigenvalue weighted by molar-refractivity contribution is -0.132. The van der Waals surface area contributed by atoms with Gasteiger partial charge in [-0.05, 0) is 6.42 Å². The fraction of sp³-hybridized carbons (Fsp3) is 0.857. The standard InChI is InChI=1S/C14H26N2O3S/c1-2-3-4-5-6-15-13(17)11-20-12-14(18)16-7-9-19-10-8-16/h2-12H2,1H3,(H,15,17). The molecule has 0 aromatic carbocycles. The van der Waals surface area contributed by atoms with Crippen LogP contribution in [0.5, 0.6) is 0 Å². The van der Waals surface area contributed by atoms with Crippen LogP contribution < -0.4 is 5.32 Å². The van der Waals surface area contributed by atoms with Crippen LogP contribution in [0.25, 0.3) is 0 Å². The molecule has 0 aromatic heterocycles. The smallest absolute Gasteiger partial charge is 0.232 e. The summed E-state index contributed by atoms with van der Waals surface area (Å²) >= 11 is 1.39. The first-order chi connectivity index (χ1) is 9.74. The Kier molecular flexibility index (Phi) is 9.49. The molecule has 5 nitrogen and oxygen atoms in total. The maximum atomic E-state index is 11.8. The summed E-state index contributed by atoms with van der Waals surface area (Å²) < 4.78 is 5.20. The zero-order valence-electron chi connectivity index (χ0n) is 12.4. The molecule has 0 unspecified atom stereocenters. The van der Waals surface area contributed by atoms with Crippen LogP contribution in [0.2, 0.25) is 0 Å². The third-order valence-electron chi connectivity index (χ3n) is 3.17. The number of unbranched alkanes of at least 4 members (excludes halogenated alkanes) is 3. The number of ether oxygens (including phenoxy) is 1. The quantitative estimate of drug-likeness (QED) is 0.652. The Morgan fingerprint density at radius 2 is 1.90 bits per heavy atom. The normalized spacial score (nSPS) is 15.2. The van der Waals surface area contributed by atoms with Gasteiger partial charge in [0.05, 0.1) is 24.7 Å². The molecule has 0 radical (unpaired) electrons. The van der Waals surface area contributed by atoms with Gasteiger partial charge in [0, 0.05) is 19.6 Å². The second-order valence-corrected chi connectivity index (χ2v) is 5.88. The summed E-state index contributed by atoms with van der Waals surface area (Å²) in [5.74, 6) is 0.878. The highest BCUT2D eigenvalue weighted by Gasteiger charge is 2.16. The third kappa shape index (κ3) is 7.75. The van der Waals surface area contributed by atoms with Crippen molar-refractivity contribution in [2.24, 2.45) is 0 Å². The van der Waals surface area contributed by atoms with Crippen LogP contribution in [-0.2, 0) is 14.3 Å². The maximum Gasteiger partial charge on any atom is 0.232 e. The van der Waals surface area contributed by atoms with Crippen LogP contribution in [0.15, 0.2) is 0 Å². The molecule has 0 atom stereocenters. The molecule has 0 saturated carbocycles. The number of nitrogens with one attached hydrogen (secondary N) is 1. The van der Waals surface area contributed by atoms with Crippen LogP contribution in [0.3, 0.4) is 0 Å². The van der Waals surface area contributed by atoms with E-state index in [-0.39, 0.29) is 11.8 Å². The Morgan fingerprint density at radius 3 is 2.60 bits per heavy atom. The van der Waals surface area contributed by atoms with E-state index in [1.54, 1.807) is 4.90 Å². The predicted molar refractivity (Wildman–Crippen MR) is 81.9 cm³/mol. The fourth-order valence-corrected chi connectivity index (χ4v) is 2.71. The van der Waals surface area contributed by atoms with Gasteiger partial charge in [0.25, 0.3) is 0 Å². The van der Waals surface area contributed by atoms with Gasteiger partial charge in [-0.2, -0.15) is 0 Å². The van der Waals surface area contributed by atoms with Crippen LogP contribution in [-0.4, -0.2) is 61.1 Å². The number of morpholine rings is 1. The zero-order valence-corrected chi connectivity index (χ0v) is 13.2. The molecular weight excluding hydrogens is 276 g/mol. The Labute approximate surface area is 125 Å². The van der Waals surface area contributed by atoms with Gasteiger partial charge in [0.15, 0.2) is 0 Å². The number of hydrogen-bond donors (Lipinski definition) is 1. The highest BCUT2D eigenvalue weighted by atomic mass is 32.2. The van der Waals surface area contributed by atoms with Gasteiger partial charge in [-0.1, -0.05) is 26.2 Å². The lowest BCUT2D eigenvalue weighted by Crippen LogP contribution is -2.41. The average molecular weight is 302 g/mol. The summed E-state index contributed by atoms with van der Waals surface area (Å²) in [7, 11) is 0. The maximum absolute atomic E-state index is 11.8. The largest absolute Gasteiger partial charge is 0.378 e. The summed E-state index contributed by atoms with van der Waals surface area (Å²) in [6.07, 6.45) is 4.63. The fourth-order valence-electron chi connectivity index (χ4n) is 1.97. The van der Waals surface area contributed by atoms with E-state index in [4.69, 9.17) is 4.74 Å². The van der Waals surface area contributed by atoms with E-state index < -0.39 is 0 Å². The molecule has 2 amide bonds. The van der Waals surface area contributed by atoms with E-state index in [0.29, 0.717) is 37.8 Å². The Morgan fingerprint density at radius 1 is 1.15 bits per heavy atom. The van der Waals surface area contributed by atoms with E-state index in [9.17, 15) is 9.59 Å². The molecule has 0 bridgehead atoms. The van der Waals surface area contributed by atoms with Crippen molar-refractivity contribution in [2.45, 2.75) is 32.6 Å². The van der Waals surface area contributed by atoms with Crippen molar-refractivity contribution in [2.75, 3.05) is 44.4 Å². The van der Waals surface area contributed by atoms with Gasteiger partial charge in [-0.3, -0.25) is 9.59 Å². The average Bonchev–Trinajstić information content (AvgIpc) is 2.48. The van der Waals surface area contributed by atoms with E-state index >= 15 is 0 Å². The number of carbonyl (C=O) groups excluding carboxylic acids is 2. The molecule has 0 spiro atoms. The highest BCUT2D eigenvalue weighted by molar-refractivity contribution is 8.00. The second kappa shape index (κ2) is 11.0. The van der Waals surface area contributed by atoms with E-state index in [0.717, 1.165) is 13.0 Å². The van der Waals surface area contributed by atoms with Crippen molar-refractivity contribution in [1.29, 1.82) is 0 Å². The third-order valence-corrected chi connectivity index (χ3v) is 4.09. The van der Waals surface area contributed by atoms with E-state index in [2.05, 4.69) is 12.2 Å². The summed E-state index contributed by atoms with van der Waals surface area (Å²) in [5.41, 5.74) is 0. The molecule has 0 aliphatic carbocycles. The molecule has 1 rings (SSSR count). The molecular formula is C14H26N2O3S. The SMILES string of the molecule is CCCCCCNC(=O)CSCC(=O)N1CCOCC1. The predicted octanol–water partition coefficient (Wildman–Crippen LogP) is 1.27. The molecule has 0 aromatic rings. The van der Waals surface area contributed by atoms with Gasteiger partial charge in [0.1, 0.15) is 0 Å². The molecule has 20 heavy (non-hydrogen) atoms. The van der Waals surface area contributed by atoms with Crippen molar-refractivity contribution in [3.8, 4) is 0 Å². The van der Waals surface area contributed by atoms with Crippen LogP contribution in [0, 0.1) is 0 Å². The number of hydrogen-bond acceptors (Lipinski definition) is 4. The first kappa shape index (κ1) is 17.3. The highest BCUT2D eigenvalue weighted by Crippen LogP contribution is 2.05. The van der Waals surface area contributed by atoms with Gasteiger partial charge in [-0.15, -0.1) is 11.8 Å². The minimum absolute atomic E-state index is 0.0290. The van der Waals surface area contributed by atoms with Gasteiger partial charge in [-0.25, -0.2) is 0 Å². The van der Waals surface area contributed by atoms with Crippen LogP contribution in [0.4, 0.5) is 0 Å². The number of carbonyl (C=O) groups is 2. The lowest BCUT2D eigenvalue weighted by Gasteiger charge is -2.26. The lowest BCUT2D eigenvalue weighted by atomic mass is 10.2.